The van der Waals surface area contributed by atoms with Crippen molar-refractivity contribution in [2.75, 3.05) is 0 Å². The molecule has 0 aromatic heterocycles. The number of phenols is 2. The molecule has 8 heteroatoms. The topological polar surface area (TPSA) is 127 Å². The summed E-state index contributed by atoms with van der Waals surface area (Å²) in [5, 5.41) is 44.6. The lowest BCUT2D eigenvalue weighted by Crippen LogP contribution is -2.28. The van der Waals surface area contributed by atoms with E-state index in [2.05, 4.69) is 0 Å². The van der Waals surface area contributed by atoms with Crippen LogP contribution in [0.3, 0.4) is 0 Å². The van der Waals surface area contributed by atoms with Crippen molar-refractivity contribution in [2.45, 2.75) is 56.8 Å². The van der Waals surface area contributed by atoms with E-state index in [4.69, 9.17) is 0 Å². The Kier molecular flexibility index (Phi) is 3.61. The van der Waals surface area contributed by atoms with Crippen molar-refractivity contribution < 1.29 is 20.1 Å². The van der Waals surface area contributed by atoms with Crippen molar-refractivity contribution >= 4 is 11.4 Å². The second-order valence-corrected chi connectivity index (χ2v) is 9.43. The molecule has 0 atom stereocenters. The van der Waals surface area contributed by atoms with Crippen LogP contribution in [0.25, 0.3) is 0 Å². The van der Waals surface area contributed by atoms with E-state index >= 15 is 0 Å². The summed E-state index contributed by atoms with van der Waals surface area (Å²) in [4.78, 5) is 22.7. The summed E-state index contributed by atoms with van der Waals surface area (Å²) in [6.45, 7) is 7.78. The zero-order valence-electron chi connectivity index (χ0n) is 16.6. The van der Waals surface area contributed by atoms with Crippen molar-refractivity contribution in [3.63, 3.8) is 0 Å². The van der Waals surface area contributed by atoms with Gasteiger partial charge in [0.25, 0.3) is 0 Å². The molecule has 4 rings (SSSR count). The summed E-state index contributed by atoms with van der Waals surface area (Å²) in [6, 6.07) is 5.98. The van der Waals surface area contributed by atoms with Gasteiger partial charge in [0.2, 0.25) is 0 Å². The fourth-order valence-electron chi connectivity index (χ4n) is 5.87. The van der Waals surface area contributed by atoms with Gasteiger partial charge in [0.15, 0.2) is 11.5 Å². The van der Waals surface area contributed by atoms with Gasteiger partial charge >= 0.3 is 11.4 Å². The first kappa shape index (κ1) is 19.2. The first-order valence-electron chi connectivity index (χ1n) is 9.36. The number of rotatable bonds is 2. The van der Waals surface area contributed by atoms with Crippen LogP contribution in [0, 0.1) is 20.2 Å². The highest BCUT2D eigenvalue weighted by Gasteiger charge is 2.62. The van der Waals surface area contributed by atoms with Gasteiger partial charge in [-0.05, 0) is 46.9 Å². The molecule has 2 aliphatic carbocycles. The van der Waals surface area contributed by atoms with Crippen LogP contribution < -0.4 is 0 Å². The molecule has 0 fully saturated rings. The lowest BCUT2D eigenvalue weighted by atomic mass is 9.71. The van der Waals surface area contributed by atoms with Crippen molar-refractivity contribution in [1.29, 1.82) is 0 Å². The highest BCUT2D eigenvalue weighted by atomic mass is 16.6. The monoisotopic (exact) mass is 398 g/mol. The Labute approximate surface area is 167 Å². The number of nitro benzene ring substituents is 2. The van der Waals surface area contributed by atoms with E-state index in [-0.39, 0.29) is 0 Å². The number of nitrogens with zero attached hydrogens (tertiary/aromatic N) is 2. The highest BCUT2D eigenvalue weighted by Crippen LogP contribution is 2.67. The summed E-state index contributed by atoms with van der Waals surface area (Å²) >= 11 is 0. The molecule has 152 valence electrons. The maximum Gasteiger partial charge on any atom is 0.315 e. The van der Waals surface area contributed by atoms with E-state index in [1.807, 2.05) is 27.7 Å². The molecule has 0 radical (unpaired) electrons. The maximum absolute atomic E-state index is 12.0. The normalized spacial score (nSPS) is 19.7. The molecule has 1 spiro atoms. The van der Waals surface area contributed by atoms with Gasteiger partial charge in [-0.2, -0.15) is 0 Å². The van der Waals surface area contributed by atoms with Crippen LogP contribution in [-0.2, 0) is 16.2 Å². The first-order valence-corrected chi connectivity index (χ1v) is 9.36. The number of hydrogen-bond donors (Lipinski definition) is 2. The van der Waals surface area contributed by atoms with Gasteiger partial charge in [0.1, 0.15) is 0 Å². The fraction of sp³-hybridized carbons (Fsp3) is 0.429. The van der Waals surface area contributed by atoms with Gasteiger partial charge in [-0.15, -0.1) is 0 Å². The number of benzene rings is 2. The van der Waals surface area contributed by atoms with Crippen LogP contribution in [-0.4, -0.2) is 20.1 Å². The molecular weight excluding hydrogens is 376 g/mol. The van der Waals surface area contributed by atoms with Crippen molar-refractivity contribution in [2.24, 2.45) is 0 Å². The quantitative estimate of drug-likeness (QED) is 0.564. The van der Waals surface area contributed by atoms with E-state index in [1.54, 1.807) is 12.1 Å². The lowest BCUT2D eigenvalue weighted by Gasteiger charge is -2.29. The van der Waals surface area contributed by atoms with Crippen LogP contribution in [0.15, 0.2) is 24.3 Å². The number of nitro groups is 2. The summed E-state index contributed by atoms with van der Waals surface area (Å²) in [5.74, 6) is -0.917. The lowest BCUT2D eigenvalue weighted by molar-refractivity contribution is -0.388. The van der Waals surface area contributed by atoms with Crippen molar-refractivity contribution in [1.82, 2.24) is 0 Å². The molecule has 29 heavy (non-hydrogen) atoms. The van der Waals surface area contributed by atoms with Gasteiger partial charge in [-0.3, -0.25) is 20.2 Å². The Morgan fingerprint density at radius 3 is 1.41 bits per heavy atom. The number of fused-ring (bicyclic) bond motifs is 4. The largest absolute Gasteiger partial charge is 0.502 e. The molecule has 2 N–H and O–H groups in total. The molecule has 0 saturated carbocycles. The molecule has 2 aliphatic rings. The molecule has 0 aliphatic heterocycles. The molecule has 0 bridgehead atoms. The maximum atomic E-state index is 12.0. The van der Waals surface area contributed by atoms with E-state index in [0.29, 0.717) is 35.1 Å². The van der Waals surface area contributed by atoms with Crippen LogP contribution in [0.4, 0.5) is 11.4 Å². The SMILES string of the molecule is CC1(C)CC2(CC(C)(C)c3ccc(O)c([N+](=O)[O-])c32)c2c1ccc(O)c2[N+](=O)[O-]. The second-order valence-electron chi connectivity index (χ2n) is 9.43. The Hall–Kier alpha value is -3.16. The number of aromatic hydroxyl groups is 2. The fourth-order valence-corrected chi connectivity index (χ4v) is 5.87. The molecule has 8 nitrogen and oxygen atoms in total. The Bertz CT molecular complexity index is 1020. The van der Waals surface area contributed by atoms with Gasteiger partial charge in [0, 0.05) is 16.5 Å². The standard InChI is InChI=1S/C21H22N2O6/c1-19(2)9-21(15-11(19)5-7-13(24)17(15)22(26)27)10-20(3,4)12-6-8-14(25)18(16(12)21)23(28)29/h5-8,24-25H,9-10H2,1-4H3. The summed E-state index contributed by atoms with van der Waals surface area (Å²) in [5.41, 5.74) is -0.841. The first-order chi connectivity index (χ1) is 13.3. The van der Waals surface area contributed by atoms with E-state index in [1.165, 1.54) is 12.1 Å². The average molecular weight is 398 g/mol. The minimum Gasteiger partial charge on any atom is -0.502 e. The molecule has 2 aromatic rings. The van der Waals surface area contributed by atoms with Gasteiger partial charge in [-0.1, -0.05) is 39.8 Å². The van der Waals surface area contributed by atoms with Gasteiger partial charge < -0.3 is 10.2 Å². The average Bonchev–Trinajstić information content (AvgIpc) is 2.93. The zero-order chi connectivity index (χ0) is 21.5. The van der Waals surface area contributed by atoms with Gasteiger partial charge in [0.05, 0.1) is 9.85 Å². The zero-order valence-corrected chi connectivity index (χ0v) is 16.6. The second kappa shape index (κ2) is 5.46. The minimum atomic E-state index is -1.06. The molecule has 0 amide bonds. The predicted octanol–water partition coefficient (Wildman–Crippen LogP) is 4.56. The summed E-state index contributed by atoms with van der Waals surface area (Å²) in [7, 11) is 0. The summed E-state index contributed by atoms with van der Waals surface area (Å²) in [6.07, 6.45) is 0.806. The Morgan fingerprint density at radius 1 is 0.759 bits per heavy atom. The molecule has 0 saturated heterocycles. The number of phenolic OH excluding ortho intramolecular Hbond substituents is 2. The van der Waals surface area contributed by atoms with Crippen LogP contribution in [0.2, 0.25) is 0 Å². The molecular formula is C21H22N2O6. The molecule has 0 unspecified atom stereocenters. The van der Waals surface area contributed by atoms with E-state index in [0.717, 1.165) is 0 Å². The Balaban J connectivity index is 2.22. The third-order valence-electron chi connectivity index (χ3n) is 6.58. The highest BCUT2D eigenvalue weighted by molar-refractivity contribution is 5.74. The predicted molar refractivity (Wildman–Crippen MR) is 106 cm³/mol. The van der Waals surface area contributed by atoms with Gasteiger partial charge in [-0.25, -0.2) is 0 Å². The van der Waals surface area contributed by atoms with E-state index in [9.17, 15) is 30.4 Å². The third kappa shape index (κ3) is 2.31. The van der Waals surface area contributed by atoms with Crippen molar-refractivity contribution in [3.05, 3.63) is 66.7 Å². The molecule has 0 heterocycles. The molecule has 2 aromatic carbocycles. The van der Waals surface area contributed by atoms with E-state index < -0.39 is 49.0 Å². The third-order valence-corrected chi connectivity index (χ3v) is 6.58. The number of hydrogen-bond acceptors (Lipinski definition) is 6. The summed E-state index contributed by atoms with van der Waals surface area (Å²) < 4.78 is 0. The van der Waals surface area contributed by atoms with Crippen molar-refractivity contribution in [3.8, 4) is 11.5 Å². The smallest absolute Gasteiger partial charge is 0.315 e. The van der Waals surface area contributed by atoms with Crippen LogP contribution >= 0.6 is 0 Å². The minimum absolute atomic E-state index is 0.327. The van der Waals surface area contributed by atoms with Crippen LogP contribution in [0.1, 0.15) is 62.8 Å². The Morgan fingerprint density at radius 2 is 1.10 bits per heavy atom. The van der Waals surface area contributed by atoms with Crippen LogP contribution in [0.5, 0.6) is 11.5 Å².